The molecule has 0 atom stereocenters. The molecule has 0 bridgehead atoms. The molecular weight excluding hydrogens is 174 g/mol. The van der Waals surface area contributed by atoms with E-state index in [2.05, 4.69) is 10.1 Å². The van der Waals surface area contributed by atoms with Gasteiger partial charge in [0.15, 0.2) is 5.75 Å². The quantitative estimate of drug-likeness (QED) is 0.722. The number of hydrogen-bond acceptors (Lipinski definition) is 4. The second-order valence-electron chi connectivity index (χ2n) is 2.40. The van der Waals surface area contributed by atoms with Gasteiger partial charge in [-0.2, -0.15) is 5.10 Å². The fourth-order valence-electron chi connectivity index (χ4n) is 0.867. The largest absolute Gasteiger partial charge is 0.505 e. The van der Waals surface area contributed by atoms with E-state index in [-0.39, 0.29) is 5.75 Å². The third-order valence-corrected chi connectivity index (χ3v) is 2.28. The zero-order valence-corrected chi connectivity index (χ0v) is 7.25. The van der Waals surface area contributed by atoms with Gasteiger partial charge in [-0.05, 0) is 6.92 Å². The summed E-state index contributed by atoms with van der Waals surface area (Å²) in [5.74, 6) is 0.155. The molecule has 4 nitrogen and oxygen atoms in total. The van der Waals surface area contributed by atoms with Crippen LogP contribution in [0.2, 0.25) is 0 Å². The fraction of sp³-hybridized carbons (Fsp3) is 0.143. The lowest BCUT2D eigenvalue weighted by Crippen LogP contribution is -1.91. The number of aryl methyl sites for hydroxylation is 1. The standard InChI is InChI=1S/C7H7N3OS/c1-5-2-8-7(12-5)10-4-6(11)3-9-10/h2-4,11H,1H3. The molecule has 0 spiro atoms. The highest BCUT2D eigenvalue weighted by atomic mass is 32.1. The molecule has 0 saturated carbocycles. The van der Waals surface area contributed by atoms with Crippen LogP contribution in [0.3, 0.4) is 0 Å². The van der Waals surface area contributed by atoms with E-state index in [1.807, 2.05) is 6.92 Å². The Morgan fingerprint density at radius 2 is 2.33 bits per heavy atom. The van der Waals surface area contributed by atoms with Crippen LogP contribution in [0.5, 0.6) is 5.75 Å². The maximum absolute atomic E-state index is 9.01. The topological polar surface area (TPSA) is 50.9 Å². The minimum atomic E-state index is 0.155. The van der Waals surface area contributed by atoms with Crippen molar-refractivity contribution in [3.05, 3.63) is 23.5 Å². The van der Waals surface area contributed by atoms with Gasteiger partial charge in [-0.3, -0.25) is 0 Å². The Morgan fingerprint density at radius 1 is 1.50 bits per heavy atom. The molecule has 0 amide bonds. The van der Waals surface area contributed by atoms with Gasteiger partial charge in [0.1, 0.15) is 0 Å². The Kier molecular flexibility index (Phi) is 1.58. The third kappa shape index (κ3) is 1.18. The van der Waals surface area contributed by atoms with E-state index in [4.69, 9.17) is 5.11 Å². The van der Waals surface area contributed by atoms with E-state index < -0.39 is 0 Å². The van der Waals surface area contributed by atoms with Gasteiger partial charge in [0.05, 0.1) is 12.4 Å². The Labute approximate surface area is 73.1 Å². The molecule has 0 saturated heterocycles. The van der Waals surface area contributed by atoms with Crippen molar-refractivity contribution in [3.8, 4) is 10.9 Å². The fourth-order valence-corrected chi connectivity index (χ4v) is 1.56. The van der Waals surface area contributed by atoms with Crippen LogP contribution < -0.4 is 0 Å². The zero-order valence-electron chi connectivity index (χ0n) is 6.43. The summed E-state index contributed by atoms with van der Waals surface area (Å²) in [6.07, 6.45) is 4.69. The van der Waals surface area contributed by atoms with E-state index in [9.17, 15) is 0 Å². The van der Waals surface area contributed by atoms with Crippen LogP contribution in [-0.4, -0.2) is 19.9 Å². The summed E-state index contributed by atoms with van der Waals surface area (Å²) in [5.41, 5.74) is 0. The number of hydrogen-bond donors (Lipinski definition) is 1. The first kappa shape index (κ1) is 7.30. The van der Waals surface area contributed by atoms with E-state index in [1.165, 1.54) is 23.7 Å². The minimum absolute atomic E-state index is 0.155. The van der Waals surface area contributed by atoms with Crippen molar-refractivity contribution in [2.45, 2.75) is 6.92 Å². The summed E-state index contributed by atoms with van der Waals surface area (Å²) in [6.45, 7) is 1.98. The highest BCUT2D eigenvalue weighted by molar-refractivity contribution is 7.13. The number of nitrogens with zero attached hydrogens (tertiary/aromatic N) is 3. The van der Waals surface area contributed by atoms with Gasteiger partial charge in [0.2, 0.25) is 5.13 Å². The number of aromatic nitrogens is 3. The molecule has 0 aliphatic carbocycles. The van der Waals surface area contributed by atoms with E-state index in [1.54, 1.807) is 10.9 Å². The van der Waals surface area contributed by atoms with Gasteiger partial charge in [0.25, 0.3) is 0 Å². The monoisotopic (exact) mass is 181 g/mol. The van der Waals surface area contributed by atoms with Gasteiger partial charge < -0.3 is 5.11 Å². The predicted octanol–water partition coefficient (Wildman–Crippen LogP) is 1.34. The normalized spacial score (nSPS) is 10.4. The van der Waals surface area contributed by atoms with Gasteiger partial charge in [-0.15, -0.1) is 11.3 Å². The predicted molar refractivity (Wildman–Crippen MR) is 45.6 cm³/mol. The maximum atomic E-state index is 9.01. The number of thiazole rings is 1. The lowest BCUT2D eigenvalue weighted by atomic mass is 10.6. The Morgan fingerprint density at radius 3 is 2.83 bits per heavy atom. The SMILES string of the molecule is Cc1cnc(-n2cc(O)cn2)s1. The molecule has 5 heteroatoms. The van der Waals surface area contributed by atoms with E-state index in [0.29, 0.717) is 0 Å². The molecule has 0 aliphatic heterocycles. The molecule has 62 valence electrons. The molecule has 0 aliphatic rings. The highest BCUT2D eigenvalue weighted by Gasteiger charge is 2.02. The lowest BCUT2D eigenvalue weighted by molar-refractivity contribution is 0.475. The van der Waals surface area contributed by atoms with Crippen molar-refractivity contribution < 1.29 is 5.11 Å². The van der Waals surface area contributed by atoms with Crippen molar-refractivity contribution in [1.82, 2.24) is 14.8 Å². The molecule has 2 aromatic heterocycles. The molecule has 2 heterocycles. The highest BCUT2D eigenvalue weighted by Crippen LogP contribution is 2.17. The number of aromatic hydroxyl groups is 1. The van der Waals surface area contributed by atoms with E-state index in [0.717, 1.165) is 10.0 Å². The number of rotatable bonds is 1. The van der Waals surface area contributed by atoms with Gasteiger partial charge >= 0.3 is 0 Å². The zero-order chi connectivity index (χ0) is 8.55. The summed E-state index contributed by atoms with van der Waals surface area (Å²) >= 11 is 1.53. The summed E-state index contributed by atoms with van der Waals surface area (Å²) in [7, 11) is 0. The molecule has 2 rings (SSSR count). The van der Waals surface area contributed by atoms with Crippen molar-refractivity contribution in [2.24, 2.45) is 0 Å². The van der Waals surface area contributed by atoms with Crippen LogP contribution in [0, 0.1) is 6.92 Å². The van der Waals surface area contributed by atoms with Crippen LogP contribution in [0.1, 0.15) is 4.88 Å². The van der Waals surface area contributed by atoms with Crippen LogP contribution in [0.4, 0.5) is 0 Å². The van der Waals surface area contributed by atoms with Crippen molar-refractivity contribution in [2.75, 3.05) is 0 Å². The first-order valence-corrected chi connectivity index (χ1v) is 4.24. The Balaban J connectivity index is 2.43. The van der Waals surface area contributed by atoms with Crippen LogP contribution in [0.25, 0.3) is 5.13 Å². The minimum Gasteiger partial charge on any atom is -0.505 e. The maximum Gasteiger partial charge on any atom is 0.210 e. The smallest absolute Gasteiger partial charge is 0.210 e. The summed E-state index contributed by atoms with van der Waals surface area (Å²) in [5, 5.41) is 13.7. The molecule has 0 fully saturated rings. The second kappa shape index (κ2) is 2.60. The van der Waals surface area contributed by atoms with Gasteiger partial charge in [-0.25, -0.2) is 9.67 Å². The first-order valence-electron chi connectivity index (χ1n) is 3.42. The second-order valence-corrected chi connectivity index (χ2v) is 3.61. The van der Waals surface area contributed by atoms with Crippen molar-refractivity contribution in [1.29, 1.82) is 0 Å². The molecule has 12 heavy (non-hydrogen) atoms. The van der Waals surface area contributed by atoms with Crippen molar-refractivity contribution >= 4 is 11.3 Å². The van der Waals surface area contributed by atoms with E-state index >= 15 is 0 Å². The molecule has 1 N–H and O–H groups in total. The molecule has 0 unspecified atom stereocenters. The lowest BCUT2D eigenvalue weighted by Gasteiger charge is -1.90. The molecular formula is C7H7N3OS. The first-order chi connectivity index (χ1) is 5.75. The molecule has 0 aromatic carbocycles. The van der Waals surface area contributed by atoms with Crippen LogP contribution in [-0.2, 0) is 0 Å². The average molecular weight is 181 g/mol. The van der Waals surface area contributed by atoms with Crippen LogP contribution >= 0.6 is 11.3 Å². The summed E-state index contributed by atoms with van der Waals surface area (Å²) < 4.78 is 1.55. The van der Waals surface area contributed by atoms with Gasteiger partial charge in [-0.1, -0.05) is 0 Å². The molecule has 2 aromatic rings. The average Bonchev–Trinajstić information content (AvgIpc) is 2.58. The summed E-state index contributed by atoms with van der Waals surface area (Å²) in [4.78, 5) is 5.23. The Hall–Kier alpha value is -1.36. The van der Waals surface area contributed by atoms with Crippen molar-refractivity contribution in [3.63, 3.8) is 0 Å². The molecule has 0 radical (unpaired) electrons. The third-order valence-electron chi connectivity index (χ3n) is 1.37. The van der Waals surface area contributed by atoms with Gasteiger partial charge in [0, 0.05) is 11.1 Å². The summed E-state index contributed by atoms with van der Waals surface area (Å²) in [6, 6.07) is 0. The van der Waals surface area contributed by atoms with Crippen LogP contribution in [0.15, 0.2) is 18.6 Å². The Bertz CT molecular complexity index is 355.